The van der Waals surface area contributed by atoms with E-state index in [9.17, 15) is 14.7 Å². The lowest BCUT2D eigenvalue weighted by Gasteiger charge is -2.33. The van der Waals surface area contributed by atoms with Crippen molar-refractivity contribution < 1.29 is 38.4 Å². The zero-order valence-corrected chi connectivity index (χ0v) is 17.7. The highest BCUT2D eigenvalue weighted by molar-refractivity contribution is 5.91. The van der Waals surface area contributed by atoms with Crippen LogP contribution in [0.3, 0.4) is 0 Å². The molecule has 0 spiro atoms. The van der Waals surface area contributed by atoms with E-state index in [4.69, 9.17) is 23.7 Å². The smallest absolute Gasteiger partial charge is 0.341 e. The van der Waals surface area contributed by atoms with Gasteiger partial charge in [0.15, 0.2) is 5.60 Å². The third-order valence-electron chi connectivity index (χ3n) is 6.54. The second-order valence-electron chi connectivity index (χ2n) is 8.87. The monoisotopic (exact) mass is 420 g/mol. The van der Waals surface area contributed by atoms with Gasteiger partial charge in [0, 0.05) is 20.0 Å². The highest BCUT2D eigenvalue weighted by Gasteiger charge is 2.72. The third kappa shape index (κ3) is 3.27. The second-order valence-corrected chi connectivity index (χ2v) is 8.87. The van der Waals surface area contributed by atoms with Crippen LogP contribution in [0.4, 0.5) is 0 Å². The summed E-state index contributed by atoms with van der Waals surface area (Å²) in [6.07, 6.45) is 3.57. The maximum absolute atomic E-state index is 12.5. The van der Waals surface area contributed by atoms with Crippen LogP contribution in [0.2, 0.25) is 0 Å². The average molecular weight is 420 g/mol. The number of carbonyl (C=O) groups is 2. The van der Waals surface area contributed by atoms with Crippen LogP contribution >= 0.6 is 0 Å². The van der Waals surface area contributed by atoms with Crippen LogP contribution in [0.1, 0.15) is 39.5 Å². The summed E-state index contributed by atoms with van der Waals surface area (Å²) in [5.41, 5.74) is -1.25. The van der Waals surface area contributed by atoms with Crippen LogP contribution in [-0.2, 0) is 33.3 Å². The number of fused-ring (bicyclic) bond motifs is 2. The Morgan fingerprint density at radius 1 is 1.33 bits per heavy atom. The van der Waals surface area contributed by atoms with Gasteiger partial charge < -0.3 is 28.8 Å². The first-order chi connectivity index (χ1) is 14.1. The van der Waals surface area contributed by atoms with E-state index in [1.54, 1.807) is 6.92 Å². The van der Waals surface area contributed by atoms with E-state index in [2.05, 4.69) is 6.58 Å². The molecule has 4 aliphatic heterocycles. The highest BCUT2D eigenvalue weighted by Crippen LogP contribution is 2.53. The maximum Gasteiger partial charge on any atom is 0.341 e. The van der Waals surface area contributed by atoms with Crippen molar-refractivity contribution in [3.63, 3.8) is 0 Å². The first-order valence-electron chi connectivity index (χ1n) is 10.1. The number of epoxide rings is 1. The van der Waals surface area contributed by atoms with Crippen LogP contribution in [0.15, 0.2) is 35.6 Å². The molecule has 1 N–H and O–H groups in total. The molecule has 4 bridgehead atoms. The molecule has 0 amide bonds. The number of methoxy groups -OCH3 is 2. The standard InChI is InChI=1S/C22H28O8/c1-12(2)13-6-7-21-17(30-21)16(28-19(21)24)11-20(3,25)10-14-8-15(18(23)26-4)22(9-13,27-5)29-14/h8,10,13,16-17,25H,1,6-7,9,11H2,2-5H3/b14-10-/t13-,16+,17-,20+,21+,22-/m0/s1. The average Bonchev–Trinajstić information content (AvgIpc) is 3.24. The largest absolute Gasteiger partial charge is 0.465 e. The fraction of sp³-hybridized carbons (Fsp3) is 0.636. The second kappa shape index (κ2) is 6.93. The summed E-state index contributed by atoms with van der Waals surface area (Å²) >= 11 is 0. The summed E-state index contributed by atoms with van der Waals surface area (Å²) in [7, 11) is 2.75. The van der Waals surface area contributed by atoms with Crippen molar-refractivity contribution in [1.82, 2.24) is 0 Å². The van der Waals surface area contributed by atoms with Crippen LogP contribution < -0.4 is 0 Å². The number of allylic oxidation sites excluding steroid dienone is 2. The first kappa shape index (κ1) is 21.1. The lowest BCUT2D eigenvalue weighted by Crippen LogP contribution is -2.39. The molecule has 164 valence electrons. The van der Waals surface area contributed by atoms with E-state index in [0.29, 0.717) is 19.3 Å². The Bertz CT molecular complexity index is 855. The number of ether oxygens (including phenoxy) is 5. The molecule has 0 aromatic heterocycles. The minimum atomic E-state index is -1.38. The van der Waals surface area contributed by atoms with Gasteiger partial charge >= 0.3 is 11.9 Å². The van der Waals surface area contributed by atoms with Crippen LogP contribution in [0.5, 0.6) is 0 Å². The molecule has 0 aromatic rings. The molecule has 6 atom stereocenters. The minimum absolute atomic E-state index is 0.121. The zero-order valence-electron chi connectivity index (χ0n) is 17.7. The summed E-state index contributed by atoms with van der Waals surface area (Å²) in [5, 5.41) is 11.0. The van der Waals surface area contributed by atoms with Crippen LogP contribution in [0, 0.1) is 5.92 Å². The van der Waals surface area contributed by atoms with E-state index in [-0.39, 0.29) is 35.7 Å². The quantitative estimate of drug-likeness (QED) is 0.420. The van der Waals surface area contributed by atoms with Crippen molar-refractivity contribution in [3.05, 3.63) is 35.6 Å². The molecule has 2 saturated heterocycles. The van der Waals surface area contributed by atoms with Crippen LogP contribution in [-0.4, -0.2) is 60.5 Å². The van der Waals surface area contributed by atoms with E-state index < -0.39 is 29.1 Å². The van der Waals surface area contributed by atoms with Gasteiger partial charge in [0.1, 0.15) is 23.5 Å². The van der Waals surface area contributed by atoms with Gasteiger partial charge in [-0.25, -0.2) is 9.59 Å². The molecule has 4 heterocycles. The zero-order chi connectivity index (χ0) is 21.9. The summed E-state index contributed by atoms with van der Waals surface area (Å²) < 4.78 is 28.1. The summed E-state index contributed by atoms with van der Waals surface area (Å²) in [4.78, 5) is 25.0. The number of hydrogen-bond acceptors (Lipinski definition) is 8. The van der Waals surface area contributed by atoms with Crippen molar-refractivity contribution in [2.45, 2.75) is 68.7 Å². The summed E-state index contributed by atoms with van der Waals surface area (Å²) in [5.74, 6) is -2.17. The van der Waals surface area contributed by atoms with Gasteiger partial charge in [-0.05, 0) is 44.8 Å². The fourth-order valence-electron chi connectivity index (χ4n) is 4.80. The molecule has 8 nitrogen and oxygen atoms in total. The lowest BCUT2D eigenvalue weighted by molar-refractivity contribution is -0.179. The van der Waals surface area contributed by atoms with E-state index in [1.807, 2.05) is 6.92 Å². The predicted molar refractivity (Wildman–Crippen MR) is 104 cm³/mol. The lowest BCUT2D eigenvalue weighted by atomic mass is 9.83. The third-order valence-corrected chi connectivity index (χ3v) is 6.54. The number of carbonyl (C=O) groups excluding carboxylic acids is 2. The summed E-state index contributed by atoms with van der Waals surface area (Å²) in [6.45, 7) is 7.57. The number of esters is 2. The molecular weight excluding hydrogens is 392 g/mol. The molecule has 30 heavy (non-hydrogen) atoms. The molecule has 0 radical (unpaired) electrons. The first-order valence-corrected chi connectivity index (χ1v) is 10.1. The number of aliphatic hydroxyl groups is 1. The van der Waals surface area contributed by atoms with Gasteiger partial charge in [0.05, 0.1) is 12.7 Å². The molecule has 4 aliphatic rings. The van der Waals surface area contributed by atoms with Crippen molar-refractivity contribution in [2.75, 3.05) is 14.2 Å². The van der Waals surface area contributed by atoms with Crippen molar-refractivity contribution in [1.29, 1.82) is 0 Å². The van der Waals surface area contributed by atoms with Crippen molar-refractivity contribution in [2.24, 2.45) is 5.92 Å². The van der Waals surface area contributed by atoms with Crippen molar-refractivity contribution in [3.8, 4) is 0 Å². The van der Waals surface area contributed by atoms with Crippen LogP contribution in [0.25, 0.3) is 0 Å². The van der Waals surface area contributed by atoms with E-state index in [1.165, 1.54) is 26.4 Å². The Labute approximate surface area is 175 Å². The van der Waals surface area contributed by atoms with E-state index >= 15 is 0 Å². The molecule has 2 fully saturated rings. The molecule has 0 saturated carbocycles. The van der Waals surface area contributed by atoms with Gasteiger partial charge in [-0.2, -0.15) is 0 Å². The van der Waals surface area contributed by atoms with Gasteiger partial charge in [-0.1, -0.05) is 12.2 Å². The number of rotatable bonds is 3. The Balaban J connectivity index is 1.77. The topological polar surface area (TPSA) is 104 Å². The molecule has 0 aliphatic carbocycles. The Morgan fingerprint density at radius 2 is 2.07 bits per heavy atom. The normalized spacial score (nSPS) is 44.0. The van der Waals surface area contributed by atoms with Gasteiger partial charge in [-0.15, -0.1) is 0 Å². The molecule has 0 unspecified atom stereocenters. The molecular formula is C22H28O8. The Morgan fingerprint density at radius 3 is 2.67 bits per heavy atom. The maximum atomic E-state index is 12.5. The van der Waals surface area contributed by atoms with Crippen molar-refractivity contribution >= 4 is 11.9 Å². The molecule has 4 rings (SSSR count). The molecule has 0 aromatic carbocycles. The van der Waals surface area contributed by atoms with Gasteiger partial charge in [-0.3, -0.25) is 0 Å². The van der Waals surface area contributed by atoms with Gasteiger partial charge in [0.2, 0.25) is 5.79 Å². The Hall–Kier alpha value is -2.16. The fourth-order valence-corrected chi connectivity index (χ4v) is 4.80. The number of hydrogen-bond donors (Lipinski definition) is 1. The Kier molecular flexibility index (Phi) is 4.87. The predicted octanol–water partition coefficient (Wildman–Crippen LogP) is 1.92. The minimum Gasteiger partial charge on any atom is -0.465 e. The SMILES string of the molecule is C=C(C)[C@H]1CC[C@@]23O[C@H]2[C@@H](C[C@](C)(O)/C=C2/C=C(C(=O)OC)[C@](OC)(C1)O2)OC3=O. The highest BCUT2D eigenvalue weighted by atomic mass is 16.7. The van der Waals surface area contributed by atoms with Gasteiger partial charge in [0.25, 0.3) is 0 Å². The van der Waals surface area contributed by atoms with E-state index in [0.717, 1.165) is 5.57 Å². The summed E-state index contributed by atoms with van der Waals surface area (Å²) in [6, 6.07) is 0. The molecule has 8 heteroatoms.